The van der Waals surface area contributed by atoms with Gasteiger partial charge in [-0.3, -0.25) is 14.6 Å². The molecule has 0 amide bonds. The van der Waals surface area contributed by atoms with Gasteiger partial charge in [0.2, 0.25) is 0 Å². The van der Waals surface area contributed by atoms with Crippen LogP contribution in [0.25, 0.3) is 0 Å². The normalized spacial score (nSPS) is 22.0. The average Bonchev–Trinajstić information content (AvgIpc) is 2.75. The Hall–Kier alpha value is -0.640. The second kappa shape index (κ2) is 4.32. The van der Waals surface area contributed by atoms with Crippen molar-refractivity contribution in [3.05, 3.63) is 21.6 Å². The van der Waals surface area contributed by atoms with Crippen molar-refractivity contribution in [1.82, 2.24) is 9.78 Å². The molecule has 1 aliphatic heterocycles. The molecule has 1 aliphatic carbocycles. The van der Waals surface area contributed by atoms with E-state index in [2.05, 4.69) is 9.78 Å². The van der Waals surface area contributed by atoms with E-state index >= 15 is 0 Å². The van der Waals surface area contributed by atoms with Crippen LogP contribution in [0.1, 0.15) is 55.8 Å². The van der Waals surface area contributed by atoms with Gasteiger partial charge in [0.25, 0.3) is 5.56 Å². The molecule has 0 spiro atoms. The fourth-order valence-corrected chi connectivity index (χ4v) is 4.01. The summed E-state index contributed by atoms with van der Waals surface area (Å²) in [6.45, 7) is 0. The van der Waals surface area contributed by atoms with Gasteiger partial charge in [-0.1, -0.05) is 25.7 Å². The van der Waals surface area contributed by atoms with Crippen molar-refractivity contribution < 1.29 is 0 Å². The fourth-order valence-electron chi connectivity index (χ4n) is 2.90. The Kier molecular flexibility index (Phi) is 2.84. The zero-order chi connectivity index (χ0) is 11.0. The lowest BCUT2D eigenvalue weighted by Gasteiger charge is -2.18. The molecule has 3 rings (SSSR count). The highest BCUT2D eigenvalue weighted by Gasteiger charge is 2.24. The van der Waals surface area contributed by atoms with Gasteiger partial charge in [-0.15, -0.1) is 0 Å². The van der Waals surface area contributed by atoms with Crippen LogP contribution in [0.2, 0.25) is 0 Å². The average molecular weight is 238 g/mol. The molecule has 16 heavy (non-hydrogen) atoms. The molecule has 4 heteroatoms. The Balaban J connectivity index is 1.93. The molecule has 0 bridgehead atoms. The molecule has 1 aromatic rings. The number of hydrogen-bond acceptors (Lipinski definition) is 2. The number of hydrogen-bond donors (Lipinski definition) is 1. The second-order valence-electron chi connectivity index (χ2n) is 4.87. The van der Waals surface area contributed by atoms with E-state index in [-0.39, 0.29) is 5.56 Å². The highest BCUT2D eigenvalue weighted by atomic mass is 32.2. The largest absolute Gasteiger partial charge is 0.285 e. The number of nitrogens with zero attached hydrogens (tertiary/aromatic N) is 1. The molecule has 2 heterocycles. The molecule has 0 unspecified atom stereocenters. The first-order valence-corrected chi connectivity index (χ1v) is 7.42. The lowest BCUT2D eigenvalue weighted by atomic mass is 10.1. The molecule has 88 valence electrons. The molecule has 1 fully saturated rings. The Bertz CT molecular complexity index is 427. The van der Waals surface area contributed by atoms with Crippen molar-refractivity contribution in [3.63, 3.8) is 0 Å². The third kappa shape index (κ3) is 1.73. The van der Waals surface area contributed by atoms with Gasteiger partial charge >= 0.3 is 0 Å². The highest BCUT2D eigenvalue weighted by molar-refractivity contribution is 7.98. The topological polar surface area (TPSA) is 37.8 Å². The van der Waals surface area contributed by atoms with Gasteiger partial charge in [0, 0.05) is 11.5 Å². The van der Waals surface area contributed by atoms with Crippen LogP contribution in [0, 0.1) is 0 Å². The van der Waals surface area contributed by atoms with E-state index in [1.54, 1.807) is 0 Å². The Labute approximate surface area is 99.6 Å². The molecule has 3 nitrogen and oxygen atoms in total. The van der Waals surface area contributed by atoms with Crippen LogP contribution in [-0.2, 0) is 11.5 Å². The quantitative estimate of drug-likeness (QED) is 0.764. The van der Waals surface area contributed by atoms with Crippen LogP contribution in [0.15, 0.2) is 4.79 Å². The first-order chi connectivity index (χ1) is 7.86. The highest BCUT2D eigenvalue weighted by Crippen LogP contribution is 2.33. The molecule has 0 aromatic carbocycles. The van der Waals surface area contributed by atoms with E-state index in [9.17, 15) is 4.79 Å². The predicted octanol–water partition coefficient (Wildman–Crippen LogP) is 2.82. The van der Waals surface area contributed by atoms with Gasteiger partial charge in [-0.2, -0.15) is 11.8 Å². The van der Waals surface area contributed by atoms with Crippen molar-refractivity contribution in [2.45, 2.75) is 56.1 Å². The third-order valence-corrected chi connectivity index (χ3v) is 4.78. The minimum absolute atomic E-state index is 0.157. The first-order valence-electron chi connectivity index (χ1n) is 6.26. The van der Waals surface area contributed by atoms with Crippen LogP contribution < -0.4 is 5.56 Å². The summed E-state index contributed by atoms with van der Waals surface area (Å²) in [6.07, 6.45) is 7.82. The van der Waals surface area contributed by atoms with Crippen LogP contribution in [0.4, 0.5) is 0 Å². The summed E-state index contributed by atoms with van der Waals surface area (Å²) in [7, 11) is 0. The van der Waals surface area contributed by atoms with Gasteiger partial charge in [-0.25, -0.2) is 0 Å². The number of thioether (sulfide) groups is 1. The van der Waals surface area contributed by atoms with Gasteiger partial charge < -0.3 is 0 Å². The van der Waals surface area contributed by atoms with Gasteiger partial charge in [0.15, 0.2) is 0 Å². The van der Waals surface area contributed by atoms with Crippen LogP contribution in [0.5, 0.6) is 0 Å². The molecule has 2 aliphatic rings. The smallest absolute Gasteiger partial charge is 0.268 e. The van der Waals surface area contributed by atoms with Crippen LogP contribution >= 0.6 is 11.8 Å². The Morgan fingerprint density at radius 3 is 2.62 bits per heavy atom. The van der Waals surface area contributed by atoms with Gasteiger partial charge in [-0.05, 0) is 12.8 Å². The number of H-pyrrole nitrogens is 1. The Morgan fingerprint density at radius 1 is 1.12 bits per heavy atom. The standard InChI is InChI=1S/C12H18N2OS/c15-12-10-7-16-8-11(10)14(13-12)9-5-3-1-2-4-6-9/h9H,1-8H2,(H,13,15). The number of fused-ring (bicyclic) bond motifs is 1. The second-order valence-corrected chi connectivity index (χ2v) is 5.86. The summed E-state index contributed by atoms with van der Waals surface area (Å²) in [5.74, 6) is 1.93. The molecule has 1 aromatic heterocycles. The molecule has 1 N–H and O–H groups in total. The van der Waals surface area contributed by atoms with E-state index < -0.39 is 0 Å². The van der Waals surface area contributed by atoms with Crippen LogP contribution in [0.3, 0.4) is 0 Å². The van der Waals surface area contributed by atoms with Crippen LogP contribution in [-0.4, -0.2) is 9.78 Å². The predicted molar refractivity (Wildman–Crippen MR) is 66.8 cm³/mol. The van der Waals surface area contributed by atoms with Crippen molar-refractivity contribution in [2.75, 3.05) is 0 Å². The SMILES string of the molecule is O=c1[nH]n(C2CCCCCC2)c2c1CSC2. The molecule has 0 radical (unpaired) electrons. The minimum Gasteiger partial charge on any atom is -0.285 e. The van der Waals surface area contributed by atoms with E-state index in [4.69, 9.17) is 0 Å². The van der Waals surface area contributed by atoms with Gasteiger partial charge in [0.05, 0.1) is 17.3 Å². The summed E-state index contributed by atoms with van der Waals surface area (Å²) in [6, 6.07) is 0.553. The summed E-state index contributed by atoms with van der Waals surface area (Å²) in [5.41, 5.74) is 2.47. The lowest BCUT2D eigenvalue weighted by Crippen LogP contribution is -2.14. The first kappa shape index (κ1) is 10.5. The number of rotatable bonds is 1. The number of aromatic amines is 1. The van der Waals surface area contributed by atoms with Crippen molar-refractivity contribution in [2.24, 2.45) is 0 Å². The summed E-state index contributed by atoms with van der Waals surface area (Å²) in [5, 5.41) is 3.06. The number of aromatic nitrogens is 2. The van der Waals surface area contributed by atoms with Crippen molar-refractivity contribution >= 4 is 11.8 Å². The molecular formula is C12H18N2OS. The molecule has 1 saturated carbocycles. The third-order valence-electron chi connectivity index (χ3n) is 3.81. The zero-order valence-electron chi connectivity index (χ0n) is 9.50. The van der Waals surface area contributed by atoms with E-state index in [0.29, 0.717) is 6.04 Å². The maximum Gasteiger partial charge on any atom is 0.268 e. The van der Waals surface area contributed by atoms with Gasteiger partial charge in [0.1, 0.15) is 0 Å². The Morgan fingerprint density at radius 2 is 1.88 bits per heavy atom. The lowest BCUT2D eigenvalue weighted by molar-refractivity contribution is 0.395. The summed E-state index contributed by atoms with van der Waals surface area (Å²) in [4.78, 5) is 11.8. The van der Waals surface area contributed by atoms with Crippen molar-refractivity contribution in [1.29, 1.82) is 0 Å². The monoisotopic (exact) mass is 238 g/mol. The molecule has 0 atom stereocenters. The zero-order valence-corrected chi connectivity index (χ0v) is 10.3. The van der Waals surface area contributed by atoms with E-state index in [1.165, 1.54) is 44.2 Å². The summed E-state index contributed by atoms with van der Waals surface area (Å²) < 4.78 is 2.20. The molecular weight excluding hydrogens is 220 g/mol. The fraction of sp³-hybridized carbons (Fsp3) is 0.750. The maximum absolute atomic E-state index is 11.8. The summed E-state index contributed by atoms with van der Waals surface area (Å²) >= 11 is 1.87. The van der Waals surface area contributed by atoms with E-state index in [0.717, 1.165) is 17.1 Å². The van der Waals surface area contributed by atoms with E-state index in [1.807, 2.05) is 11.8 Å². The number of nitrogens with one attached hydrogen (secondary N) is 1. The molecule has 0 saturated heterocycles. The minimum atomic E-state index is 0.157. The maximum atomic E-state index is 11.8. The van der Waals surface area contributed by atoms with Crippen molar-refractivity contribution in [3.8, 4) is 0 Å².